The summed E-state index contributed by atoms with van der Waals surface area (Å²) in [5, 5.41) is 3.77. The first-order valence-electron chi connectivity index (χ1n) is 8.30. The van der Waals surface area contributed by atoms with Gasteiger partial charge in [0.25, 0.3) is 0 Å². The Morgan fingerprint density at radius 1 is 1.11 bits per heavy atom. The summed E-state index contributed by atoms with van der Waals surface area (Å²) in [6.45, 7) is 8.49. The molecule has 2 atom stereocenters. The van der Waals surface area contributed by atoms with Gasteiger partial charge < -0.3 is 5.32 Å². The SMILES string of the molecule is CCCCC1CC(NCCC)CN(C2CCC2)C1. The van der Waals surface area contributed by atoms with Crippen LogP contribution in [0.5, 0.6) is 0 Å². The van der Waals surface area contributed by atoms with E-state index in [9.17, 15) is 0 Å². The summed E-state index contributed by atoms with van der Waals surface area (Å²) in [6, 6.07) is 1.70. The topological polar surface area (TPSA) is 15.3 Å². The third kappa shape index (κ3) is 3.96. The molecule has 0 amide bonds. The van der Waals surface area contributed by atoms with Crippen LogP contribution in [0.3, 0.4) is 0 Å². The Morgan fingerprint density at radius 2 is 1.94 bits per heavy atom. The molecule has 2 aliphatic rings. The zero-order chi connectivity index (χ0) is 12.8. The molecule has 0 bridgehead atoms. The predicted molar refractivity (Wildman–Crippen MR) is 78.9 cm³/mol. The Balaban J connectivity index is 1.82. The first-order valence-corrected chi connectivity index (χ1v) is 8.30. The molecule has 0 aromatic carbocycles. The van der Waals surface area contributed by atoms with Gasteiger partial charge in [-0.25, -0.2) is 0 Å². The number of nitrogens with zero attached hydrogens (tertiary/aromatic N) is 1. The highest BCUT2D eigenvalue weighted by molar-refractivity contribution is 4.89. The quantitative estimate of drug-likeness (QED) is 0.747. The maximum absolute atomic E-state index is 3.77. The fraction of sp³-hybridized carbons (Fsp3) is 1.00. The molecule has 1 aliphatic heterocycles. The maximum atomic E-state index is 3.77. The Kier molecular flexibility index (Phi) is 5.97. The van der Waals surface area contributed by atoms with Crippen molar-refractivity contribution in [3.63, 3.8) is 0 Å². The lowest BCUT2D eigenvalue weighted by Gasteiger charge is -2.45. The van der Waals surface area contributed by atoms with Gasteiger partial charge in [0.05, 0.1) is 0 Å². The minimum atomic E-state index is 0.765. The second kappa shape index (κ2) is 7.49. The van der Waals surface area contributed by atoms with E-state index in [4.69, 9.17) is 0 Å². The molecule has 18 heavy (non-hydrogen) atoms. The largest absolute Gasteiger partial charge is 0.313 e. The molecule has 1 aliphatic carbocycles. The molecule has 106 valence electrons. The molecule has 1 saturated heterocycles. The van der Waals surface area contributed by atoms with E-state index >= 15 is 0 Å². The number of unbranched alkanes of at least 4 members (excludes halogenated alkanes) is 1. The Hall–Kier alpha value is -0.0800. The zero-order valence-corrected chi connectivity index (χ0v) is 12.5. The van der Waals surface area contributed by atoms with Crippen molar-refractivity contribution in [2.24, 2.45) is 5.92 Å². The maximum Gasteiger partial charge on any atom is 0.0198 e. The molecule has 0 aromatic heterocycles. The molecule has 2 unspecified atom stereocenters. The van der Waals surface area contributed by atoms with Crippen LogP contribution in [0.25, 0.3) is 0 Å². The van der Waals surface area contributed by atoms with E-state index < -0.39 is 0 Å². The molecule has 0 radical (unpaired) electrons. The van der Waals surface area contributed by atoms with Crippen LogP contribution in [-0.4, -0.2) is 36.6 Å². The van der Waals surface area contributed by atoms with Gasteiger partial charge in [-0.1, -0.05) is 33.1 Å². The van der Waals surface area contributed by atoms with Crippen molar-refractivity contribution in [1.82, 2.24) is 10.2 Å². The number of hydrogen-bond donors (Lipinski definition) is 1. The van der Waals surface area contributed by atoms with Crippen molar-refractivity contribution in [1.29, 1.82) is 0 Å². The van der Waals surface area contributed by atoms with E-state index in [-0.39, 0.29) is 0 Å². The molecular weight excluding hydrogens is 220 g/mol. The van der Waals surface area contributed by atoms with Crippen LogP contribution in [0.15, 0.2) is 0 Å². The standard InChI is InChI=1S/C16H32N2/c1-3-5-7-14-11-15(17-10-4-2)13-18(12-14)16-8-6-9-16/h14-17H,3-13H2,1-2H3. The molecule has 2 nitrogen and oxygen atoms in total. The fourth-order valence-corrected chi connectivity index (χ4v) is 3.49. The lowest BCUT2D eigenvalue weighted by Crippen LogP contribution is -2.54. The van der Waals surface area contributed by atoms with E-state index in [0.717, 1.165) is 18.0 Å². The molecule has 1 saturated carbocycles. The number of hydrogen-bond acceptors (Lipinski definition) is 2. The minimum absolute atomic E-state index is 0.765. The van der Waals surface area contributed by atoms with Crippen molar-refractivity contribution < 1.29 is 0 Å². The lowest BCUT2D eigenvalue weighted by molar-refractivity contribution is 0.0557. The summed E-state index contributed by atoms with van der Waals surface area (Å²) in [6.07, 6.45) is 11.3. The summed E-state index contributed by atoms with van der Waals surface area (Å²) in [5.74, 6) is 0.952. The van der Waals surface area contributed by atoms with Gasteiger partial charge in [-0.3, -0.25) is 4.90 Å². The molecule has 0 spiro atoms. The van der Waals surface area contributed by atoms with Gasteiger partial charge >= 0.3 is 0 Å². The smallest absolute Gasteiger partial charge is 0.0198 e. The van der Waals surface area contributed by atoms with E-state index in [1.807, 2.05) is 0 Å². The number of nitrogens with one attached hydrogen (secondary N) is 1. The van der Waals surface area contributed by atoms with E-state index in [2.05, 4.69) is 24.1 Å². The Morgan fingerprint density at radius 3 is 2.56 bits per heavy atom. The van der Waals surface area contributed by atoms with Gasteiger partial charge in [0, 0.05) is 25.2 Å². The minimum Gasteiger partial charge on any atom is -0.313 e. The second-order valence-corrected chi connectivity index (χ2v) is 6.43. The summed E-state index contributed by atoms with van der Waals surface area (Å²) in [5.41, 5.74) is 0. The molecule has 0 aromatic rings. The molecule has 2 rings (SSSR count). The zero-order valence-electron chi connectivity index (χ0n) is 12.5. The molecule has 2 heteroatoms. The molecule has 1 N–H and O–H groups in total. The summed E-state index contributed by atoms with van der Waals surface area (Å²) in [4.78, 5) is 2.81. The predicted octanol–water partition coefficient (Wildman–Crippen LogP) is 3.42. The molecule has 2 fully saturated rings. The second-order valence-electron chi connectivity index (χ2n) is 6.43. The average Bonchev–Trinajstić information content (AvgIpc) is 2.31. The van der Waals surface area contributed by atoms with Crippen LogP contribution in [0, 0.1) is 5.92 Å². The van der Waals surface area contributed by atoms with Crippen molar-refractivity contribution in [3.05, 3.63) is 0 Å². The monoisotopic (exact) mass is 252 g/mol. The van der Waals surface area contributed by atoms with Crippen molar-refractivity contribution in [2.75, 3.05) is 19.6 Å². The summed E-state index contributed by atoms with van der Waals surface area (Å²) in [7, 11) is 0. The Labute approximate surface area is 114 Å². The number of piperidine rings is 1. The molecular formula is C16H32N2. The van der Waals surface area contributed by atoms with Crippen molar-refractivity contribution >= 4 is 0 Å². The first kappa shape index (κ1) is 14.3. The summed E-state index contributed by atoms with van der Waals surface area (Å²) >= 11 is 0. The summed E-state index contributed by atoms with van der Waals surface area (Å²) < 4.78 is 0. The van der Waals surface area contributed by atoms with E-state index in [1.54, 1.807) is 0 Å². The average molecular weight is 252 g/mol. The lowest BCUT2D eigenvalue weighted by atomic mass is 9.84. The highest BCUT2D eigenvalue weighted by Crippen LogP contribution is 2.30. The first-order chi connectivity index (χ1) is 8.83. The van der Waals surface area contributed by atoms with Crippen molar-refractivity contribution in [2.45, 2.75) is 77.3 Å². The van der Waals surface area contributed by atoms with Gasteiger partial charge in [-0.15, -0.1) is 0 Å². The third-order valence-corrected chi connectivity index (χ3v) is 4.81. The normalized spacial score (nSPS) is 30.3. The van der Waals surface area contributed by atoms with Crippen LogP contribution in [0.1, 0.15) is 65.2 Å². The molecule has 1 heterocycles. The highest BCUT2D eigenvalue weighted by Gasteiger charge is 2.32. The Bertz CT molecular complexity index is 209. The van der Waals surface area contributed by atoms with Crippen molar-refractivity contribution in [3.8, 4) is 0 Å². The van der Waals surface area contributed by atoms with Crippen LogP contribution >= 0.6 is 0 Å². The van der Waals surface area contributed by atoms with E-state index in [0.29, 0.717) is 0 Å². The van der Waals surface area contributed by atoms with Gasteiger partial charge in [-0.2, -0.15) is 0 Å². The van der Waals surface area contributed by atoms with Crippen LogP contribution < -0.4 is 5.32 Å². The highest BCUT2D eigenvalue weighted by atomic mass is 15.2. The van der Waals surface area contributed by atoms with Gasteiger partial charge in [0.2, 0.25) is 0 Å². The van der Waals surface area contributed by atoms with Crippen LogP contribution in [0.4, 0.5) is 0 Å². The van der Waals surface area contributed by atoms with Gasteiger partial charge in [0.15, 0.2) is 0 Å². The van der Waals surface area contributed by atoms with Gasteiger partial charge in [-0.05, 0) is 44.6 Å². The van der Waals surface area contributed by atoms with Gasteiger partial charge in [0.1, 0.15) is 0 Å². The fourth-order valence-electron chi connectivity index (χ4n) is 3.49. The van der Waals surface area contributed by atoms with E-state index in [1.165, 1.54) is 71.0 Å². The van der Waals surface area contributed by atoms with Crippen LogP contribution in [-0.2, 0) is 0 Å². The third-order valence-electron chi connectivity index (χ3n) is 4.81. The number of likely N-dealkylation sites (tertiary alicyclic amines) is 1. The number of rotatable bonds is 7. The van der Waals surface area contributed by atoms with Crippen LogP contribution in [0.2, 0.25) is 0 Å².